The second kappa shape index (κ2) is 25.0. The van der Waals surface area contributed by atoms with E-state index in [4.69, 9.17) is 18.9 Å². The van der Waals surface area contributed by atoms with Gasteiger partial charge < -0.3 is 38.7 Å². The Bertz CT molecular complexity index is 4750. The molecule has 484 valence electrons. The Morgan fingerprint density at radius 2 is 0.663 bits per heavy atom. The number of aryl methyl sites for hydroxylation is 4. The number of imidazole rings is 2. The summed E-state index contributed by atoms with van der Waals surface area (Å²) in [6.07, 6.45) is 12.1. The van der Waals surface area contributed by atoms with Gasteiger partial charge in [-0.15, -0.1) is 0 Å². The van der Waals surface area contributed by atoms with E-state index in [9.17, 15) is 0 Å². The summed E-state index contributed by atoms with van der Waals surface area (Å²) >= 11 is 0. The van der Waals surface area contributed by atoms with Crippen molar-refractivity contribution in [1.82, 2.24) is 39.7 Å². The summed E-state index contributed by atoms with van der Waals surface area (Å²) in [7, 11) is 0. The third-order valence-electron chi connectivity index (χ3n) is 18.1. The third-order valence-corrected chi connectivity index (χ3v) is 18.1. The predicted molar refractivity (Wildman–Crippen MR) is 370 cm³/mol. The van der Waals surface area contributed by atoms with E-state index in [0.29, 0.717) is 46.0 Å². The Hall–Kier alpha value is -12.6. The quantitative estimate of drug-likeness (QED) is 0.0410. The van der Waals surface area contributed by atoms with Gasteiger partial charge in [-0.1, -0.05) is 70.8 Å². The van der Waals surface area contributed by atoms with Gasteiger partial charge in [0.25, 0.3) is 35.4 Å². The molecule has 9 aromatic carbocycles. The highest BCUT2D eigenvalue weighted by Gasteiger charge is 2.48. The van der Waals surface area contributed by atoms with Crippen LogP contribution in [0.5, 0.6) is 46.0 Å². The van der Waals surface area contributed by atoms with Crippen LogP contribution in [-0.4, -0.2) is 100 Å². The van der Waals surface area contributed by atoms with Crippen molar-refractivity contribution in [3.8, 4) is 46.0 Å². The number of nitrogens with zero attached hydrogens (tertiary/aromatic N) is 8. The molecular weight excluding hydrogens is 1240 g/mol. The van der Waals surface area contributed by atoms with Crippen LogP contribution in [0.2, 0.25) is 0 Å². The van der Waals surface area contributed by atoms with Crippen LogP contribution >= 0.6 is 0 Å². The van der Waals surface area contributed by atoms with Crippen molar-refractivity contribution in [3.63, 3.8) is 0 Å². The van der Waals surface area contributed by atoms with Gasteiger partial charge in [-0.3, -0.25) is 48.5 Å². The molecule has 0 aliphatic carbocycles. The maximum Gasteiger partial charge on any atom is 0.262 e. The number of H-pyrrole nitrogens is 2. The van der Waals surface area contributed by atoms with Crippen molar-refractivity contribution < 1.29 is 47.7 Å². The number of pyridine rings is 2. The topological polar surface area (TPSA) is 235 Å². The zero-order valence-electron chi connectivity index (χ0n) is 54.1. The monoisotopic (exact) mass is 1300 g/mol. The van der Waals surface area contributed by atoms with Crippen molar-refractivity contribution in [3.05, 3.63) is 251 Å². The largest absolute Gasteiger partial charge is 0.457 e. The number of fused-ring (bicyclic) bond motifs is 2. The minimum absolute atomic E-state index is 0.00925. The lowest BCUT2D eigenvalue weighted by Crippen LogP contribution is -2.56. The minimum atomic E-state index is -1.49. The van der Waals surface area contributed by atoms with Crippen LogP contribution in [0.15, 0.2) is 195 Å². The summed E-state index contributed by atoms with van der Waals surface area (Å²) in [5.41, 5.74) is 4.67. The molecule has 2 atom stereocenters. The molecule has 4 aromatic heterocycles. The Morgan fingerprint density at radius 3 is 0.908 bits per heavy atom. The SMILES string of the molecule is CCN(C(=O)C(Cc1ncc[nH]1)N1C(=O)c2cc(Oc3ccc(C)cc3)c3c4c(Oc5ccc(C)cc5)cc5c6c(cc(Oc7ccc(C)cc7)c(c7c(Oc8ccc(C)cc8)cc(c2c37)C1=O)c64)C(=O)N(C(Cc1ncc[nH]1)C(=O)N(CC)c1ccncc1)C5=O)c1ccncc1. The van der Waals surface area contributed by atoms with Crippen molar-refractivity contribution in [2.75, 3.05) is 22.9 Å². The zero-order chi connectivity index (χ0) is 67.6. The lowest BCUT2D eigenvalue weighted by molar-refractivity contribution is -0.123. The number of carbonyl (C=O) groups is 6. The normalized spacial score (nSPS) is 13.4. The van der Waals surface area contributed by atoms with Crippen molar-refractivity contribution in [2.45, 2.75) is 66.5 Å². The van der Waals surface area contributed by atoms with Crippen LogP contribution in [0.25, 0.3) is 43.1 Å². The molecule has 0 fully saturated rings. The van der Waals surface area contributed by atoms with Gasteiger partial charge >= 0.3 is 0 Å². The van der Waals surface area contributed by atoms with Crippen LogP contribution in [0.3, 0.4) is 0 Å². The van der Waals surface area contributed by atoms with Gasteiger partial charge in [-0.25, -0.2) is 9.97 Å². The average molecular weight is 1300 g/mol. The molecule has 0 radical (unpaired) electrons. The standard InChI is InChI=1S/C78H62N10O10/c1-7-85(47-25-29-79-30-26-47)77(93)57(41-63-81-33-34-82-63)87-73(89)53-37-59(95-49-17-9-43(3)10-18-49)67-69-61(97-51-21-13-45(5)14-22-51)39-55-66-56(76(92)88(75(55)91)58(42-64-83-35-36-84-64)78(94)86(8-2)48-27-31-80-32-28-48)40-62(98-52-23-15-46(6)16-24-52)70(72(66)69)68-60(96-50-19-11-44(4)12-20-50)38-54(74(87)90)65(53)71(67)68/h9-40,57-58H,7-8,41-42H2,1-6H3,(H,81,82)(H,83,84). The number of likely N-dealkylation sites (N-methyl/N-ethyl adjacent to an activating group) is 2. The number of benzene rings is 9. The van der Waals surface area contributed by atoms with Gasteiger partial charge in [0.2, 0.25) is 0 Å². The predicted octanol–water partition coefficient (Wildman–Crippen LogP) is 14.9. The number of amides is 6. The van der Waals surface area contributed by atoms with Gasteiger partial charge in [0.05, 0.1) is 22.3 Å². The summed E-state index contributed by atoms with van der Waals surface area (Å²) in [5, 5.41) is 2.04. The molecule has 6 amide bonds. The van der Waals surface area contributed by atoms with E-state index < -0.39 is 47.5 Å². The second-order valence-electron chi connectivity index (χ2n) is 24.4. The number of aromatic amines is 2. The summed E-state index contributed by atoms with van der Waals surface area (Å²) in [6.45, 7) is 11.7. The van der Waals surface area contributed by atoms with Gasteiger partial charge in [0.15, 0.2) is 0 Å². The van der Waals surface area contributed by atoms with Gasteiger partial charge in [0, 0.05) is 130 Å². The first-order valence-electron chi connectivity index (χ1n) is 32.1. The highest BCUT2D eigenvalue weighted by Crippen LogP contribution is 2.58. The highest BCUT2D eigenvalue weighted by atomic mass is 16.5. The fourth-order valence-electron chi connectivity index (χ4n) is 13.5. The molecule has 20 heteroatoms. The molecule has 2 N–H and O–H groups in total. The van der Waals surface area contributed by atoms with E-state index >= 15 is 28.8 Å². The number of hydrogen-bond acceptors (Lipinski definition) is 14. The molecule has 98 heavy (non-hydrogen) atoms. The summed E-state index contributed by atoms with van der Waals surface area (Å²) < 4.78 is 28.8. The van der Waals surface area contributed by atoms with Crippen LogP contribution in [0, 0.1) is 27.7 Å². The van der Waals surface area contributed by atoms with Crippen molar-refractivity contribution >= 4 is 89.9 Å². The third kappa shape index (κ3) is 10.8. The summed E-state index contributed by atoms with van der Waals surface area (Å²) in [6, 6.07) is 39.4. The number of rotatable bonds is 20. The Balaban J connectivity index is 1.08. The van der Waals surface area contributed by atoms with E-state index in [0.717, 1.165) is 32.1 Å². The lowest BCUT2D eigenvalue weighted by atomic mass is 9.80. The first kappa shape index (κ1) is 61.6. The number of carbonyl (C=O) groups excluding carboxylic acids is 6. The van der Waals surface area contributed by atoms with Crippen LogP contribution in [0.4, 0.5) is 11.4 Å². The molecule has 0 saturated carbocycles. The molecule has 13 aromatic rings. The van der Waals surface area contributed by atoms with Crippen LogP contribution in [0.1, 0.15) is 89.2 Å². The molecule has 0 saturated heterocycles. The molecule has 2 aliphatic heterocycles. The Labute approximate surface area is 561 Å². The maximum atomic E-state index is 16.5. The number of nitrogens with one attached hydrogen (secondary N) is 2. The molecule has 2 aliphatic rings. The number of hydrogen-bond donors (Lipinski definition) is 2. The average Bonchev–Trinajstić information content (AvgIpc) is 0.683. The van der Waals surface area contributed by atoms with Gasteiger partial charge in [0.1, 0.15) is 69.7 Å². The molecular formula is C78H62N10O10. The Kier molecular flexibility index (Phi) is 15.7. The molecule has 0 bridgehead atoms. The first-order chi connectivity index (χ1) is 47.6. The molecule has 0 spiro atoms. The van der Waals surface area contributed by atoms with E-state index in [1.807, 2.05) is 76.2 Å². The number of imide groups is 2. The zero-order valence-corrected chi connectivity index (χ0v) is 54.1. The van der Waals surface area contributed by atoms with E-state index in [2.05, 4.69) is 29.9 Å². The summed E-state index contributed by atoms with van der Waals surface area (Å²) in [4.78, 5) is 126. The van der Waals surface area contributed by atoms with E-state index in [-0.39, 0.29) is 114 Å². The maximum absolute atomic E-state index is 16.5. The highest BCUT2D eigenvalue weighted by molar-refractivity contribution is 6.45. The fraction of sp³-hybridized carbons (Fsp3) is 0.154. The molecule has 6 heterocycles. The molecule has 2 unspecified atom stereocenters. The minimum Gasteiger partial charge on any atom is -0.457 e. The Morgan fingerprint density at radius 1 is 0.388 bits per heavy atom. The van der Waals surface area contributed by atoms with E-state index in [1.165, 1.54) is 22.2 Å². The number of aromatic nitrogens is 6. The lowest BCUT2D eigenvalue weighted by Gasteiger charge is -2.37. The number of anilines is 2. The van der Waals surface area contributed by atoms with Gasteiger partial charge in [-0.2, -0.15) is 0 Å². The summed E-state index contributed by atoms with van der Waals surface area (Å²) in [5.74, 6) is -2.02. The molecule has 15 rings (SSSR count). The molecule has 20 nitrogen and oxygen atoms in total. The van der Waals surface area contributed by atoms with Crippen molar-refractivity contribution in [1.29, 1.82) is 0 Å². The number of ether oxygens (including phenoxy) is 4. The second-order valence-corrected chi connectivity index (χ2v) is 24.4. The first-order valence-corrected chi connectivity index (χ1v) is 32.1. The van der Waals surface area contributed by atoms with Gasteiger partial charge in [-0.05, 0) is 139 Å². The fourth-order valence-corrected chi connectivity index (χ4v) is 13.5. The smallest absolute Gasteiger partial charge is 0.262 e. The van der Waals surface area contributed by atoms with Crippen LogP contribution < -0.4 is 28.7 Å². The van der Waals surface area contributed by atoms with E-state index in [1.54, 1.807) is 148 Å². The van der Waals surface area contributed by atoms with Crippen LogP contribution in [-0.2, 0) is 22.4 Å². The van der Waals surface area contributed by atoms with Crippen molar-refractivity contribution in [2.24, 2.45) is 0 Å².